The summed E-state index contributed by atoms with van der Waals surface area (Å²) in [6.45, 7) is 11.4. The van der Waals surface area contributed by atoms with Crippen molar-refractivity contribution in [2.45, 2.75) is 72.0 Å². The molecule has 0 aromatic heterocycles. The van der Waals surface area contributed by atoms with Crippen LogP contribution in [-0.2, 0) is 0 Å². The van der Waals surface area contributed by atoms with Crippen molar-refractivity contribution in [3.8, 4) is 5.75 Å². The molecule has 1 N–H and O–H groups in total. The predicted molar refractivity (Wildman–Crippen MR) is 85.5 cm³/mol. The number of hydrogen-bond acceptors (Lipinski definition) is 2. The molecule has 1 spiro atoms. The lowest BCUT2D eigenvalue weighted by Gasteiger charge is -2.54. The zero-order chi connectivity index (χ0) is 15.5. The van der Waals surface area contributed by atoms with Gasteiger partial charge in [0, 0.05) is 12.0 Å². The minimum atomic E-state index is -0.404. The summed E-state index contributed by atoms with van der Waals surface area (Å²) in [4.78, 5) is 0. The fraction of sp³-hybridized carbons (Fsp3) is 0.684. The number of rotatable bonds is 0. The first-order valence-electron chi connectivity index (χ1n) is 8.08. The van der Waals surface area contributed by atoms with E-state index in [1.165, 1.54) is 12.0 Å². The van der Waals surface area contributed by atoms with Crippen molar-refractivity contribution >= 4 is 0 Å². The van der Waals surface area contributed by atoms with Gasteiger partial charge in [-0.3, -0.25) is 0 Å². The second-order valence-corrected chi connectivity index (χ2v) is 8.91. The maximum atomic E-state index is 10.7. The third-order valence-electron chi connectivity index (χ3n) is 4.97. The number of aryl methyl sites for hydroxylation is 1. The van der Waals surface area contributed by atoms with Crippen LogP contribution in [0.1, 0.15) is 70.6 Å². The van der Waals surface area contributed by atoms with Crippen LogP contribution in [0.15, 0.2) is 18.2 Å². The van der Waals surface area contributed by atoms with Gasteiger partial charge in [-0.05, 0) is 49.1 Å². The summed E-state index contributed by atoms with van der Waals surface area (Å²) in [6, 6.07) is 6.17. The molecule has 1 fully saturated rings. The lowest BCUT2D eigenvalue weighted by molar-refractivity contribution is -0.104. The Labute approximate surface area is 128 Å². The zero-order valence-electron chi connectivity index (χ0n) is 14.0. The Hall–Kier alpha value is -1.02. The predicted octanol–water partition coefficient (Wildman–Crippen LogP) is 4.79. The smallest absolute Gasteiger partial charge is 0.125 e. The third-order valence-corrected chi connectivity index (χ3v) is 4.97. The van der Waals surface area contributed by atoms with E-state index in [1.807, 2.05) is 6.07 Å². The van der Waals surface area contributed by atoms with Gasteiger partial charge in [0.25, 0.3) is 0 Å². The summed E-state index contributed by atoms with van der Waals surface area (Å²) >= 11 is 0. The second-order valence-electron chi connectivity index (χ2n) is 8.91. The molecule has 21 heavy (non-hydrogen) atoms. The molecule has 1 aromatic rings. The lowest BCUT2D eigenvalue weighted by atomic mass is 9.58. The highest BCUT2D eigenvalue weighted by Crippen LogP contribution is 2.56. The van der Waals surface area contributed by atoms with Crippen LogP contribution in [0.5, 0.6) is 5.75 Å². The maximum Gasteiger partial charge on any atom is 0.125 e. The first-order chi connectivity index (χ1) is 9.60. The quantitative estimate of drug-likeness (QED) is 0.744. The molecule has 0 unspecified atom stereocenters. The Balaban J connectivity index is 1.99. The largest absolute Gasteiger partial charge is 0.487 e. The molecule has 1 aliphatic carbocycles. The van der Waals surface area contributed by atoms with Gasteiger partial charge in [-0.1, -0.05) is 39.3 Å². The Morgan fingerprint density at radius 3 is 2.29 bits per heavy atom. The van der Waals surface area contributed by atoms with Crippen molar-refractivity contribution in [1.82, 2.24) is 0 Å². The van der Waals surface area contributed by atoms with E-state index < -0.39 is 6.10 Å². The van der Waals surface area contributed by atoms with Gasteiger partial charge in [-0.25, -0.2) is 0 Å². The third kappa shape index (κ3) is 2.83. The maximum absolute atomic E-state index is 10.7. The molecule has 116 valence electrons. The molecule has 1 heterocycles. The second kappa shape index (κ2) is 4.49. The average molecular weight is 288 g/mol. The van der Waals surface area contributed by atoms with E-state index in [2.05, 4.69) is 46.8 Å². The fourth-order valence-corrected chi connectivity index (χ4v) is 5.20. The molecule has 3 rings (SSSR count). The van der Waals surface area contributed by atoms with E-state index in [-0.39, 0.29) is 16.4 Å². The minimum absolute atomic E-state index is 0.215. The van der Waals surface area contributed by atoms with Gasteiger partial charge in [0.15, 0.2) is 0 Å². The van der Waals surface area contributed by atoms with Crippen LogP contribution < -0.4 is 4.74 Å². The minimum Gasteiger partial charge on any atom is -0.487 e. The van der Waals surface area contributed by atoms with Crippen LogP contribution in [0, 0.1) is 17.8 Å². The molecule has 0 bridgehead atoms. The summed E-state index contributed by atoms with van der Waals surface area (Å²) in [6.07, 6.45) is 3.57. The van der Waals surface area contributed by atoms with Gasteiger partial charge in [0.05, 0.1) is 6.10 Å². The highest BCUT2D eigenvalue weighted by Gasteiger charge is 2.51. The van der Waals surface area contributed by atoms with Crippen LogP contribution in [0.25, 0.3) is 0 Å². The molecule has 0 amide bonds. The number of aliphatic hydroxyl groups is 1. The number of fused-ring (bicyclic) bond motifs is 1. The van der Waals surface area contributed by atoms with Crippen molar-refractivity contribution in [2.24, 2.45) is 10.8 Å². The number of hydrogen-bond donors (Lipinski definition) is 1. The van der Waals surface area contributed by atoms with Crippen LogP contribution >= 0.6 is 0 Å². The molecule has 1 aliphatic heterocycles. The fourth-order valence-electron chi connectivity index (χ4n) is 5.20. The van der Waals surface area contributed by atoms with Gasteiger partial charge in [-0.2, -0.15) is 0 Å². The van der Waals surface area contributed by atoms with Crippen molar-refractivity contribution in [1.29, 1.82) is 0 Å². The summed E-state index contributed by atoms with van der Waals surface area (Å²) in [5.41, 5.74) is 2.43. The highest BCUT2D eigenvalue weighted by molar-refractivity contribution is 5.41. The van der Waals surface area contributed by atoms with E-state index >= 15 is 0 Å². The van der Waals surface area contributed by atoms with Gasteiger partial charge in [0.2, 0.25) is 0 Å². The number of aliphatic hydroxyl groups excluding tert-OH is 1. The van der Waals surface area contributed by atoms with Crippen LogP contribution in [0.4, 0.5) is 0 Å². The molecular weight excluding hydrogens is 260 g/mol. The van der Waals surface area contributed by atoms with Crippen LogP contribution in [0.2, 0.25) is 0 Å². The van der Waals surface area contributed by atoms with Crippen molar-refractivity contribution in [3.05, 3.63) is 29.3 Å². The Morgan fingerprint density at radius 2 is 1.67 bits per heavy atom. The zero-order valence-corrected chi connectivity index (χ0v) is 14.0. The summed E-state index contributed by atoms with van der Waals surface area (Å²) in [7, 11) is 0. The topological polar surface area (TPSA) is 29.5 Å². The summed E-state index contributed by atoms with van der Waals surface area (Å²) in [5.74, 6) is 0.882. The SMILES string of the molecule is Cc1ccc2c(c1)[C@@H](O)CC1(CC(C)(C)CC(C)(C)C1)O2. The van der Waals surface area contributed by atoms with Crippen molar-refractivity contribution in [2.75, 3.05) is 0 Å². The Bertz CT molecular complexity index is 541. The van der Waals surface area contributed by atoms with Crippen LogP contribution in [0.3, 0.4) is 0 Å². The summed E-state index contributed by atoms with van der Waals surface area (Å²) < 4.78 is 6.50. The van der Waals surface area contributed by atoms with E-state index in [1.54, 1.807) is 0 Å². The molecule has 2 nitrogen and oxygen atoms in total. The standard InChI is InChI=1S/C19H28O2/c1-13-6-7-16-14(8-13)15(20)9-19(21-16)11-17(2,3)10-18(4,5)12-19/h6-8,15,20H,9-12H2,1-5H3/t15-/m0/s1. The molecular formula is C19H28O2. The first-order valence-corrected chi connectivity index (χ1v) is 8.08. The van der Waals surface area contributed by atoms with Crippen molar-refractivity contribution < 1.29 is 9.84 Å². The molecule has 0 radical (unpaired) electrons. The average Bonchev–Trinajstić information content (AvgIpc) is 2.25. The van der Waals surface area contributed by atoms with Gasteiger partial charge < -0.3 is 9.84 Å². The van der Waals surface area contributed by atoms with E-state index in [0.717, 1.165) is 30.6 Å². The highest BCUT2D eigenvalue weighted by atomic mass is 16.5. The van der Waals surface area contributed by atoms with Crippen LogP contribution in [-0.4, -0.2) is 10.7 Å². The Kier molecular flexibility index (Phi) is 3.18. The Morgan fingerprint density at radius 1 is 1.05 bits per heavy atom. The van der Waals surface area contributed by atoms with E-state index in [9.17, 15) is 5.11 Å². The van der Waals surface area contributed by atoms with Gasteiger partial charge in [0.1, 0.15) is 11.4 Å². The van der Waals surface area contributed by atoms with E-state index in [4.69, 9.17) is 4.74 Å². The molecule has 2 heteroatoms. The number of ether oxygens (including phenoxy) is 1. The molecule has 2 aliphatic rings. The summed E-state index contributed by atoms with van der Waals surface area (Å²) in [5, 5.41) is 10.7. The number of benzene rings is 1. The first kappa shape index (κ1) is 14.9. The lowest BCUT2D eigenvalue weighted by Crippen LogP contribution is -2.52. The van der Waals surface area contributed by atoms with Gasteiger partial charge >= 0.3 is 0 Å². The molecule has 1 aromatic carbocycles. The van der Waals surface area contributed by atoms with Crippen molar-refractivity contribution in [3.63, 3.8) is 0 Å². The van der Waals surface area contributed by atoms with Gasteiger partial charge in [-0.15, -0.1) is 0 Å². The normalized spacial score (nSPS) is 28.8. The molecule has 1 saturated carbocycles. The molecule has 1 atom stereocenters. The van der Waals surface area contributed by atoms with E-state index in [0.29, 0.717) is 0 Å². The molecule has 0 saturated heterocycles. The monoisotopic (exact) mass is 288 g/mol.